The second-order valence-electron chi connectivity index (χ2n) is 3.04. The van der Waals surface area contributed by atoms with Gasteiger partial charge in [0.15, 0.2) is 0 Å². The van der Waals surface area contributed by atoms with Gasteiger partial charge in [0.25, 0.3) is 0 Å². The van der Waals surface area contributed by atoms with Crippen LogP contribution in [0.1, 0.15) is 27.2 Å². The van der Waals surface area contributed by atoms with Crippen molar-refractivity contribution in [1.29, 1.82) is 0 Å². The largest absolute Gasteiger partial charge is 0.325 e. The summed E-state index contributed by atoms with van der Waals surface area (Å²) in [5.41, 5.74) is 0. The minimum Gasteiger partial charge on any atom is -0.304 e. The minimum atomic E-state index is 0.735. The maximum absolute atomic E-state index is 5.84. The van der Waals surface area contributed by atoms with Gasteiger partial charge in [0.1, 0.15) is 24.9 Å². The molecule has 0 unspecified atom stereocenters. The molecular formula is C10H21ClN3+. The van der Waals surface area contributed by atoms with Gasteiger partial charge in [0, 0.05) is 6.54 Å². The minimum absolute atomic E-state index is 0.735. The van der Waals surface area contributed by atoms with Crippen LogP contribution < -0.4 is 0 Å². The number of halogens is 1. The predicted molar refractivity (Wildman–Crippen MR) is 61.4 cm³/mol. The monoisotopic (exact) mass is 218 g/mol. The summed E-state index contributed by atoms with van der Waals surface area (Å²) in [6, 6.07) is 2.75. The molecule has 0 aliphatic rings. The lowest BCUT2D eigenvalue weighted by Gasteiger charge is -2.16. The van der Waals surface area contributed by atoms with Gasteiger partial charge in [-0.05, 0) is 31.4 Å². The predicted octanol–water partition coefficient (Wildman–Crippen LogP) is 2.08. The fourth-order valence-corrected chi connectivity index (χ4v) is 1.34. The van der Waals surface area contributed by atoms with Crippen molar-refractivity contribution in [1.82, 2.24) is 4.90 Å². The summed E-state index contributed by atoms with van der Waals surface area (Å²) < 4.78 is 1.51. The highest BCUT2D eigenvalue weighted by molar-refractivity contribution is 6.06. The molecule has 0 aromatic heterocycles. The van der Waals surface area contributed by atoms with Crippen LogP contribution in [0.25, 0.3) is 0 Å². The Morgan fingerprint density at radius 2 is 1.93 bits per heavy atom. The first-order chi connectivity index (χ1) is 6.74. The number of hydrogen-bond donors (Lipinski definition) is 0. The second-order valence-corrected chi connectivity index (χ2v) is 3.45. The highest BCUT2D eigenvalue weighted by Crippen LogP contribution is 1.92. The summed E-state index contributed by atoms with van der Waals surface area (Å²) in [6.07, 6.45) is 1.05. The molecule has 0 bridgehead atoms. The molecule has 3 nitrogen and oxygen atoms in total. The highest BCUT2D eigenvalue weighted by Gasteiger charge is 2.00. The molecule has 0 spiro atoms. The first-order valence-electron chi connectivity index (χ1n) is 5.32. The molecule has 4 heteroatoms. The van der Waals surface area contributed by atoms with Gasteiger partial charge < -0.3 is 4.90 Å². The molecule has 0 saturated heterocycles. The Kier molecular flexibility index (Phi) is 8.95. The van der Waals surface area contributed by atoms with Crippen LogP contribution in [-0.4, -0.2) is 47.7 Å². The molecule has 0 amide bonds. The van der Waals surface area contributed by atoms with Gasteiger partial charge in [-0.1, -0.05) is 13.8 Å². The van der Waals surface area contributed by atoms with Gasteiger partial charge in [-0.25, -0.2) is 0 Å². The zero-order chi connectivity index (χ0) is 10.8. The van der Waals surface area contributed by atoms with E-state index in [2.05, 4.69) is 29.7 Å². The fourth-order valence-electron chi connectivity index (χ4n) is 1.17. The molecule has 0 radical (unpaired) electrons. The van der Waals surface area contributed by atoms with Crippen LogP contribution in [-0.2, 0) is 0 Å². The normalized spacial score (nSPS) is 10.1. The third-order valence-corrected chi connectivity index (χ3v) is 2.31. The first-order valence-corrected chi connectivity index (χ1v) is 5.66. The molecule has 14 heavy (non-hydrogen) atoms. The van der Waals surface area contributed by atoms with Crippen molar-refractivity contribution in [3.63, 3.8) is 0 Å². The van der Waals surface area contributed by atoms with Gasteiger partial charge in [-0.3, -0.25) is 0 Å². The number of rotatable bonds is 7. The molecule has 0 aliphatic heterocycles. The Morgan fingerprint density at radius 3 is 2.43 bits per heavy atom. The average Bonchev–Trinajstić information content (AvgIpc) is 2.21. The van der Waals surface area contributed by atoms with Crippen LogP contribution in [0.3, 0.4) is 0 Å². The summed E-state index contributed by atoms with van der Waals surface area (Å²) in [5, 5.41) is 0. The molecule has 0 aliphatic carbocycles. The lowest BCUT2D eigenvalue weighted by molar-refractivity contribution is -0.365. The fraction of sp³-hybridized carbons (Fsp3) is 0.900. The number of aliphatic imine (C=N–C) groups is 1. The van der Waals surface area contributed by atoms with Crippen LogP contribution in [0, 0.1) is 0 Å². The maximum Gasteiger partial charge on any atom is 0.325 e. The van der Waals surface area contributed by atoms with E-state index in [1.807, 2.05) is 6.92 Å². The van der Waals surface area contributed by atoms with E-state index in [4.69, 9.17) is 11.8 Å². The number of hydrogen-bond acceptors (Lipinski definition) is 2. The molecule has 82 valence electrons. The number of nitrogens with zero attached hydrogens (tertiary/aromatic N) is 3. The van der Waals surface area contributed by atoms with E-state index < -0.39 is 0 Å². The quantitative estimate of drug-likeness (QED) is 0.473. The molecule has 0 aromatic rings. The van der Waals surface area contributed by atoms with Crippen LogP contribution in [0.2, 0.25) is 0 Å². The standard InChI is InChI=1S/C10H21ClN3/c1-4-12-10-14(11)9-7-8-13(5-2)6-3/h4-9H2,1-3H3/q+1. The Balaban J connectivity index is 3.67. The van der Waals surface area contributed by atoms with E-state index >= 15 is 0 Å². The Morgan fingerprint density at radius 1 is 1.29 bits per heavy atom. The van der Waals surface area contributed by atoms with Crippen molar-refractivity contribution >= 4 is 17.8 Å². The maximum atomic E-state index is 5.84. The molecular weight excluding hydrogens is 198 g/mol. The van der Waals surface area contributed by atoms with Crippen molar-refractivity contribution in [3.8, 4) is 0 Å². The van der Waals surface area contributed by atoms with Crippen molar-refractivity contribution in [2.24, 2.45) is 4.99 Å². The lowest BCUT2D eigenvalue weighted by atomic mass is 10.4. The summed E-state index contributed by atoms with van der Waals surface area (Å²) in [6.45, 7) is 11.1. The van der Waals surface area contributed by atoms with E-state index in [-0.39, 0.29) is 0 Å². The van der Waals surface area contributed by atoms with E-state index in [0.717, 1.165) is 39.1 Å². The molecule has 0 aromatic carbocycles. The molecule has 0 rings (SSSR count). The third kappa shape index (κ3) is 7.07. The molecule has 0 heterocycles. The summed E-state index contributed by atoms with van der Waals surface area (Å²) in [5.74, 6) is 0. The van der Waals surface area contributed by atoms with Crippen LogP contribution in [0.5, 0.6) is 0 Å². The Hall–Kier alpha value is -0.370. The smallest absolute Gasteiger partial charge is 0.304 e. The zero-order valence-electron chi connectivity index (χ0n) is 9.46. The van der Waals surface area contributed by atoms with E-state index in [0.29, 0.717) is 0 Å². The second kappa shape index (κ2) is 9.20. The van der Waals surface area contributed by atoms with E-state index in [1.165, 1.54) is 4.09 Å². The summed E-state index contributed by atoms with van der Waals surface area (Å²) in [4.78, 5) is 6.32. The van der Waals surface area contributed by atoms with Crippen molar-refractivity contribution in [3.05, 3.63) is 0 Å². The van der Waals surface area contributed by atoms with Gasteiger partial charge in [-0.15, -0.1) is 4.09 Å². The SMILES string of the molecule is CCN=C=[N+](Cl)CCCN(CC)CC. The van der Waals surface area contributed by atoms with Crippen LogP contribution in [0.15, 0.2) is 4.99 Å². The summed E-state index contributed by atoms with van der Waals surface area (Å²) >= 11 is 5.84. The van der Waals surface area contributed by atoms with E-state index in [1.54, 1.807) is 0 Å². The van der Waals surface area contributed by atoms with Crippen LogP contribution >= 0.6 is 11.8 Å². The van der Waals surface area contributed by atoms with E-state index in [9.17, 15) is 0 Å². The molecule has 0 fully saturated rings. The van der Waals surface area contributed by atoms with Crippen molar-refractivity contribution in [2.75, 3.05) is 32.7 Å². The van der Waals surface area contributed by atoms with Crippen molar-refractivity contribution in [2.45, 2.75) is 27.2 Å². The van der Waals surface area contributed by atoms with Gasteiger partial charge in [0.05, 0.1) is 0 Å². The Bertz CT molecular complexity index is 194. The average molecular weight is 219 g/mol. The zero-order valence-corrected chi connectivity index (χ0v) is 10.2. The highest BCUT2D eigenvalue weighted by atomic mass is 35.5. The lowest BCUT2D eigenvalue weighted by Crippen LogP contribution is -2.25. The van der Waals surface area contributed by atoms with Gasteiger partial charge >= 0.3 is 6.01 Å². The summed E-state index contributed by atoms with van der Waals surface area (Å²) in [7, 11) is 0. The van der Waals surface area contributed by atoms with Crippen molar-refractivity contribution < 1.29 is 4.09 Å². The third-order valence-electron chi connectivity index (χ3n) is 2.06. The molecule has 0 atom stereocenters. The van der Waals surface area contributed by atoms with Gasteiger partial charge in [-0.2, -0.15) is 0 Å². The molecule has 0 N–H and O–H groups in total. The molecule has 0 saturated carbocycles. The van der Waals surface area contributed by atoms with Gasteiger partial charge in [0.2, 0.25) is 0 Å². The first kappa shape index (κ1) is 13.6. The topological polar surface area (TPSA) is 18.6 Å². The van der Waals surface area contributed by atoms with Crippen LogP contribution in [0.4, 0.5) is 0 Å². The Labute approximate surface area is 92.2 Å².